The van der Waals surface area contributed by atoms with Crippen molar-refractivity contribution in [2.24, 2.45) is 0 Å². The Morgan fingerprint density at radius 2 is 1.62 bits per heavy atom. The molecule has 29 heavy (non-hydrogen) atoms. The van der Waals surface area contributed by atoms with Crippen LogP contribution < -0.4 is 14.4 Å². The van der Waals surface area contributed by atoms with Crippen LogP contribution in [0.4, 0.5) is 5.69 Å². The Balaban J connectivity index is 2.08. The van der Waals surface area contributed by atoms with Crippen LogP contribution in [-0.4, -0.2) is 39.8 Å². The maximum Gasteiger partial charge on any atom is 0.244 e. The molecule has 7 heteroatoms. The molecule has 0 spiro atoms. The lowest BCUT2D eigenvalue weighted by Crippen LogP contribution is -2.50. The lowest BCUT2D eigenvalue weighted by Gasteiger charge is -2.30. The van der Waals surface area contributed by atoms with Crippen LogP contribution in [0.25, 0.3) is 0 Å². The van der Waals surface area contributed by atoms with Gasteiger partial charge in [-0.1, -0.05) is 30.7 Å². The fraction of sp³-hybridized carbons (Fsp3) is 0.409. The van der Waals surface area contributed by atoms with Gasteiger partial charge in [-0.3, -0.25) is 9.10 Å². The number of hydrogen-bond acceptors (Lipinski definition) is 4. The van der Waals surface area contributed by atoms with Crippen LogP contribution in [0.2, 0.25) is 0 Å². The normalized spacial score (nSPS) is 12.3. The van der Waals surface area contributed by atoms with E-state index in [-0.39, 0.29) is 12.5 Å². The predicted octanol–water partition coefficient (Wildman–Crippen LogP) is 3.35. The van der Waals surface area contributed by atoms with Gasteiger partial charge in [-0.15, -0.1) is 0 Å². The molecular weight excluding hydrogens is 388 g/mol. The molecule has 0 radical (unpaired) electrons. The Hall–Kier alpha value is -2.54. The predicted molar refractivity (Wildman–Crippen MR) is 117 cm³/mol. The molecule has 158 valence electrons. The SMILES string of the molecule is CC[C@H](C(=O)NCCOc1ccc(C)cc1)N(c1cc(C)cc(C)c1)S(C)(=O)=O. The van der Waals surface area contributed by atoms with Crippen molar-refractivity contribution in [3.8, 4) is 5.75 Å². The second-order valence-corrected chi connectivity index (χ2v) is 9.14. The van der Waals surface area contributed by atoms with Gasteiger partial charge in [0.15, 0.2) is 0 Å². The minimum absolute atomic E-state index is 0.285. The van der Waals surface area contributed by atoms with Crippen LogP contribution in [0.15, 0.2) is 42.5 Å². The smallest absolute Gasteiger partial charge is 0.244 e. The van der Waals surface area contributed by atoms with E-state index in [1.807, 2.05) is 51.1 Å². The maximum atomic E-state index is 12.8. The number of sulfonamides is 1. The Morgan fingerprint density at radius 3 is 2.14 bits per heavy atom. The minimum atomic E-state index is -3.64. The number of benzene rings is 2. The lowest BCUT2D eigenvalue weighted by atomic mass is 10.1. The van der Waals surface area contributed by atoms with Crippen LogP contribution >= 0.6 is 0 Å². The molecule has 0 bridgehead atoms. The highest BCUT2D eigenvalue weighted by Gasteiger charge is 2.31. The van der Waals surface area contributed by atoms with E-state index in [2.05, 4.69) is 5.32 Å². The highest BCUT2D eigenvalue weighted by atomic mass is 32.2. The summed E-state index contributed by atoms with van der Waals surface area (Å²) >= 11 is 0. The zero-order valence-electron chi connectivity index (χ0n) is 17.7. The van der Waals surface area contributed by atoms with Gasteiger partial charge in [-0.25, -0.2) is 8.42 Å². The monoisotopic (exact) mass is 418 g/mol. The number of nitrogens with one attached hydrogen (secondary N) is 1. The molecular formula is C22H30N2O4S. The van der Waals surface area contributed by atoms with Gasteiger partial charge in [-0.05, 0) is 62.6 Å². The number of carbonyl (C=O) groups excluding carboxylic acids is 1. The van der Waals surface area contributed by atoms with Crippen molar-refractivity contribution in [1.82, 2.24) is 5.32 Å². The molecule has 2 aromatic carbocycles. The van der Waals surface area contributed by atoms with Gasteiger partial charge >= 0.3 is 0 Å². The first-order valence-corrected chi connectivity index (χ1v) is 11.5. The van der Waals surface area contributed by atoms with E-state index in [0.717, 1.165) is 28.7 Å². The molecule has 1 amide bonds. The van der Waals surface area contributed by atoms with Crippen molar-refractivity contribution < 1.29 is 17.9 Å². The van der Waals surface area contributed by atoms with Crippen molar-refractivity contribution in [2.75, 3.05) is 23.7 Å². The number of ether oxygens (including phenoxy) is 1. The van der Waals surface area contributed by atoms with Crippen molar-refractivity contribution in [2.45, 2.75) is 40.2 Å². The average molecular weight is 419 g/mol. The molecule has 0 aromatic heterocycles. The molecule has 1 N–H and O–H groups in total. The maximum absolute atomic E-state index is 12.8. The van der Waals surface area contributed by atoms with Crippen LogP contribution in [0.1, 0.15) is 30.0 Å². The van der Waals surface area contributed by atoms with E-state index in [0.29, 0.717) is 18.7 Å². The van der Waals surface area contributed by atoms with Crippen molar-refractivity contribution in [1.29, 1.82) is 0 Å². The van der Waals surface area contributed by atoms with Crippen molar-refractivity contribution in [3.05, 3.63) is 59.2 Å². The molecule has 0 fully saturated rings. The first-order chi connectivity index (χ1) is 13.6. The highest BCUT2D eigenvalue weighted by Crippen LogP contribution is 2.25. The number of carbonyl (C=O) groups is 1. The van der Waals surface area contributed by atoms with Gasteiger partial charge in [-0.2, -0.15) is 0 Å². The van der Waals surface area contributed by atoms with Gasteiger partial charge in [0.2, 0.25) is 15.9 Å². The summed E-state index contributed by atoms with van der Waals surface area (Å²) in [6, 6.07) is 12.4. The third-order valence-electron chi connectivity index (χ3n) is 4.48. The fourth-order valence-corrected chi connectivity index (χ4v) is 4.43. The fourth-order valence-electron chi connectivity index (χ4n) is 3.23. The van der Waals surface area contributed by atoms with Gasteiger partial charge in [0.25, 0.3) is 0 Å². The molecule has 1 atom stereocenters. The summed E-state index contributed by atoms with van der Waals surface area (Å²) in [7, 11) is -3.64. The third-order valence-corrected chi connectivity index (χ3v) is 5.66. The Bertz CT molecular complexity index is 920. The van der Waals surface area contributed by atoms with E-state index < -0.39 is 16.1 Å². The van der Waals surface area contributed by atoms with Gasteiger partial charge in [0, 0.05) is 0 Å². The van der Waals surface area contributed by atoms with E-state index in [1.165, 1.54) is 4.31 Å². The Morgan fingerprint density at radius 1 is 1.03 bits per heavy atom. The zero-order valence-corrected chi connectivity index (χ0v) is 18.5. The Kier molecular flexibility index (Phi) is 7.67. The zero-order chi connectivity index (χ0) is 21.6. The summed E-state index contributed by atoms with van der Waals surface area (Å²) in [5, 5.41) is 2.80. The quantitative estimate of drug-likeness (QED) is 0.634. The molecule has 0 aliphatic heterocycles. The van der Waals surface area contributed by atoms with Crippen LogP contribution in [0.3, 0.4) is 0 Å². The first kappa shape index (κ1) is 22.7. The third kappa shape index (κ3) is 6.49. The molecule has 0 unspecified atom stereocenters. The average Bonchev–Trinajstić information content (AvgIpc) is 2.62. The summed E-state index contributed by atoms with van der Waals surface area (Å²) in [4.78, 5) is 12.8. The van der Waals surface area contributed by atoms with Gasteiger partial charge in [0.05, 0.1) is 18.5 Å². The molecule has 2 rings (SSSR count). The second-order valence-electron chi connectivity index (χ2n) is 7.28. The second kappa shape index (κ2) is 9.78. The van der Waals surface area contributed by atoms with E-state index in [9.17, 15) is 13.2 Å². The van der Waals surface area contributed by atoms with Crippen molar-refractivity contribution >= 4 is 21.6 Å². The number of aryl methyl sites for hydroxylation is 3. The summed E-state index contributed by atoms with van der Waals surface area (Å²) < 4.78 is 31.9. The van der Waals surface area contributed by atoms with Crippen LogP contribution in [0.5, 0.6) is 5.75 Å². The number of hydrogen-bond donors (Lipinski definition) is 1. The standard InChI is InChI=1S/C22H30N2O4S/c1-6-21(22(25)23-11-12-28-20-9-7-16(2)8-10-20)24(29(5,26)27)19-14-17(3)13-18(4)15-19/h7-10,13-15,21H,6,11-12H2,1-5H3,(H,23,25)/t21-/m1/s1. The van der Waals surface area contributed by atoms with E-state index >= 15 is 0 Å². The summed E-state index contributed by atoms with van der Waals surface area (Å²) in [6.45, 7) is 8.19. The van der Waals surface area contributed by atoms with Gasteiger partial charge < -0.3 is 10.1 Å². The number of amides is 1. The number of rotatable bonds is 9. The molecule has 0 saturated carbocycles. The molecule has 0 aliphatic carbocycles. The van der Waals surface area contributed by atoms with Crippen LogP contribution in [0, 0.1) is 20.8 Å². The minimum Gasteiger partial charge on any atom is -0.492 e. The summed E-state index contributed by atoms with van der Waals surface area (Å²) in [6.07, 6.45) is 1.48. The van der Waals surface area contributed by atoms with E-state index in [4.69, 9.17) is 4.74 Å². The Labute approximate surface area is 173 Å². The molecule has 0 saturated heterocycles. The van der Waals surface area contributed by atoms with Crippen LogP contribution in [-0.2, 0) is 14.8 Å². The summed E-state index contributed by atoms with van der Waals surface area (Å²) in [5.41, 5.74) is 3.53. The van der Waals surface area contributed by atoms with Crippen molar-refractivity contribution in [3.63, 3.8) is 0 Å². The lowest BCUT2D eigenvalue weighted by molar-refractivity contribution is -0.122. The van der Waals surface area contributed by atoms with Gasteiger partial charge in [0.1, 0.15) is 18.4 Å². The highest BCUT2D eigenvalue weighted by molar-refractivity contribution is 7.92. The molecule has 0 aliphatic rings. The van der Waals surface area contributed by atoms with E-state index in [1.54, 1.807) is 19.1 Å². The topological polar surface area (TPSA) is 75.7 Å². The number of anilines is 1. The molecule has 0 heterocycles. The largest absolute Gasteiger partial charge is 0.492 e. The molecule has 6 nitrogen and oxygen atoms in total. The molecule has 2 aromatic rings. The number of nitrogens with zero attached hydrogens (tertiary/aromatic N) is 1. The first-order valence-electron chi connectivity index (χ1n) is 9.66. The summed E-state index contributed by atoms with van der Waals surface area (Å²) in [5.74, 6) is 0.384.